The lowest BCUT2D eigenvalue weighted by molar-refractivity contribution is -0.385. The second kappa shape index (κ2) is 16.6. The van der Waals surface area contributed by atoms with Crippen molar-refractivity contribution >= 4 is 11.4 Å². The Kier molecular flexibility index (Phi) is 13.5. The summed E-state index contributed by atoms with van der Waals surface area (Å²) in [5.41, 5.74) is 1.92. The van der Waals surface area contributed by atoms with E-state index in [0.29, 0.717) is 65.7 Å². The molecule has 36 heavy (non-hydrogen) atoms. The average molecular weight is 507 g/mol. The zero-order valence-electron chi connectivity index (χ0n) is 20.2. The maximum atomic E-state index is 10.8. The van der Waals surface area contributed by atoms with E-state index in [0.717, 1.165) is 11.1 Å². The number of non-ortho nitro benzene ring substituents is 2. The van der Waals surface area contributed by atoms with Gasteiger partial charge in [-0.3, -0.25) is 30.0 Å². The Labute approximate surface area is 210 Å². The van der Waals surface area contributed by atoms with Crippen LogP contribution < -0.4 is 0 Å². The summed E-state index contributed by atoms with van der Waals surface area (Å²) >= 11 is 0. The van der Waals surface area contributed by atoms with Gasteiger partial charge in [-0.25, -0.2) is 0 Å². The first-order valence-corrected chi connectivity index (χ1v) is 11.7. The topological polar surface area (TPSA) is 152 Å². The second-order valence-corrected chi connectivity index (χ2v) is 8.07. The average Bonchev–Trinajstić information content (AvgIpc) is 2.86. The van der Waals surface area contributed by atoms with E-state index in [1.54, 1.807) is 24.3 Å². The highest BCUT2D eigenvalue weighted by Crippen LogP contribution is 2.14. The van der Waals surface area contributed by atoms with Gasteiger partial charge in [-0.15, -0.1) is 0 Å². The number of nitrogens with zero attached hydrogens (tertiary/aromatic N) is 4. The van der Waals surface area contributed by atoms with E-state index >= 15 is 0 Å². The highest BCUT2D eigenvalue weighted by Gasteiger charge is 2.10. The third-order valence-electron chi connectivity index (χ3n) is 5.41. The molecule has 0 aliphatic rings. The SMILES string of the molecule is O=[N+]([O-])c1ccc(CN(CCO)CCOCCOCCN(CCO)Cc2ccc([N+](=O)[O-])cc2)cc1. The van der Waals surface area contributed by atoms with E-state index < -0.39 is 9.85 Å². The first-order chi connectivity index (χ1) is 17.4. The molecule has 2 N–H and O–H groups in total. The summed E-state index contributed by atoms with van der Waals surface area (Å²) in [7, 11) is 0. The summed E-state index contributed by atoms with van der Waals surface area (Å²) in [4.78, 5) is 24.7. The fraction of sp³-hybridized carbons (Fsp3) is 0.500. The summed E-state index contributed by atoms with van der Waals surface area (Å²) in [5, 5.41) is 40.2. The van der Waals surface area contributed by atoms with Crippen LogP contribution in [0.3, 0.4) is 0 Å². The van der Waals surface area contributed by atoms with Crippen molar-refractivity contribution in [2.45, 2.75) is 13.1 Å². The number of ether oxygens (including phenoxy) is 2. The summed E-state index contributed by atoms with van der Waals surface area (Å²) < 4.78 is 11.3. The predicted octanol–water partition coefficient (Wildman–Crippen LogP) is 1.83. The zero-order valence-corrected chi connectivity index (χ0v) is 20.2. The van der Waals surface area contributed by atoms with E-state index in [-0.39, 0.29) is 24.6 Å². The molecular weight excluding hydrogens is 472 g/mol. The number of aliphatic hydroxyl groups excluding tert-OH is 2. The van der Waals surface area contributed by atoms with Gasteiger partial charge in [-0.1, -0.05) is 24.3 Å². The van der Waals surface area contributed by atoms with Crippen molar-refractivity contribution in [3.8, 4) is 0 Å². The van der Waals surface area contributed by atoms with Gasteiger partial charge in [-0.2, -0.15) is 0 Å². The molecule has 0 fully saturated rings. The summed E-state index contributed by atoms with van der Waals surface area (Å²) in [6.07, 6.45) is 0. The van der Waals surface area contributed by atoms with Gasteiger partial charge < -0.3 is 19.7 Å². The van der Waals surface area contributed by atoms with Gasteiger partial charge in [0.25, 0.3) is 11.4 Å². The van der Waals surface area contributed by atoms with Gasteiger partial charge in [0.15, 0.2) is 0 Å². The first kappa shape index (κ1) is 29.2. The summed E-state index contributed by atoms with van der Waals surface area (Å²) in [6.45, 7) is 4.94. The van der Waals surface area contributed by atoms with Crippen molar-refractivity contribution in [3.05, 3.63) is 79.9 Å². The number of aliphatic hydroxyl groups is 2. The van der Waals surface area contributed by atoms with E-state index in [1.807, 2.05) is 9.80 Å². The Morgan fingerprint density at radius 3 is 1.28 bits per heavy atom. The van der Waals surface area contributed by atoms with Gasteiger partial charge in [0.2, 0.25) is 0 Å². The Hall–Kier alpha value is -3.00. The van der Waals surface area contributed by atoms with E-state index in [9.17, 15) is 30.4 Å². The van der Waals surface area contributed by atoms with Crippen LogP contribution in [0.2, 0.25) is 0 Å². The van der Waals surface area contributed by atoms with Crippen LogP contribution in [-0.4, -0.2) is 95.7 Å². The van der Waals surface area contributed by atoms with E-state index in [2.05, 4.69) is 0 Å². The van der Waals surface area contributed by atoms with E-state index in [4.69, 9.17) is 9.47 Å². The van der Waals surface area contributed by atoms with E-state index in [1.165, 1.54) is 24.3 Å². The molecule has 0 aromatic heterocycles. The van der Waals surface area contributed by atoms with Crippen molar-refractivity contribution in [1.82, 2.24) is 9.80 Å². The lowest BCUT2D eigenvalue weighted by Crippen LogP contribution is -2.31. The molecule has 0 radical (unpaired) electrons. The number of nitro benzene ring substituents is 2. The van der Waals surface area contributed by atoms with Gasteiger partial charge >= 0.3 is 0 Å². The van der Waals surface area contributed by atoms with Crippen molar-refractivity contribution in [2.75, 3.05) is 65.8 Å². The molecule has 0 saturated carbocycles. The zero-order chi connectivity index (χ0) is 26.2. The molecule has 0 unspecified atom stereocenters. The molecule has 2 aromatic carbocycles. The fourth-order valence-electron chi connectivity index (χ4n) is 3.49. The highest BCUT2D eigenvalue weighted by atomic mass is 16.6. The van der Waals surface area contributed by atoms with Gasteiger partial charge in [0.05, 0.1) is 49.5 Å². The molecule has 0 saturated heterocycles. The minimum absolute atomic E-state index is 0.000304. The van der Waals surface area contributed by atoms with Crippen LogP contribution >= 0.6 is 0 Å². The minimum atomic E-state index is -0.436. The van der Waals surface area contributed by atoms with Crippen LogP contribution in [0.5, 0.6) is 0 Å². The molecule has 0 bridgehead atoms. The first-order valence-electron chi connectivity index (χ1n) is 11.7. The van der Waals surface area contributed by atoms with Crippen LogP contribution in [0.1, 0.15) is 11.1 Å². The molecule has 2 aromatic rings. The summed E-state index contributed by atoms with van der Waals surface area (Å²) in [6, 6.07) is 12.7. The van der Waals surface area contributed by atoms with Crippen molar-refractivity contribution in [2.24, 2.45) is 0 Å². The number of hydrogen-bond donors (Lipinski definition) is 2. The number of rotatable bonds is 19. The van der Waals surface area contributed by atoms with Crippen molar-refractivity contribution in [1.29, 1.82) is 0 Å². The van der Waals surface area contributed by atoms with Crippen molar-refractivity contribution < 1.29 is 29.5 Å². The van der Waals surface area contributed by atoms with Gasteiger partial charge in [0, 0.05) is 63.5 Å². The third-order valence-corrected chi connectivity index (χ3v) is 5.41. The molecule has 0 aliphatic carbocycles. The lowest BCUT2D eigenvalue weighted by atomic mass is 10.2. The van der Waals surface area contributed by atoms with Crippen LogP contribution in [0.15, 0.2) is 48.5 Å². The smallest absolute Gasteiger partial charge is 0.269 e. The number of benzene rings is 2. The molecule has 0 aliphatic heterocycles. The van der Waals surface area contributed by atoms with Crippen LogP contribution in [0.4, 0.5) is 11.4 Å². The second-order valence-electron chi connectivity index (χ2n) is 8.07. The molecule has 0 heterocycles. The maximum absolute atomic E-state index is 10.8. The summed E-state index contributed by atoms with van der Waals surface area (Å²) in [5.74, 6) is 0. The predicted molar refractivity (Wildman–Crippen MR) is 133 cm³/mol. The lowest BCUT2D eigenvalue weighted by Gasteiger charge is -2.22. The molecule has 0 spiro atoms. The molecule has 0 atom stereocenters. The van der Waals surface area contributed by atoms with Gasteiger partial charge in [-0.05, 0) is 11.1 Å². The van der Waals surface area contributed by atoms with Crippen LogP contribution in [0.25, 0.3) is 0 Å². The quantitative estimate of drug-likeness (QED) is 0.164. The Morgan fingerprint density at radius 2 is 0.972 bits per heavy atom. The molecule has 198 valence electrons. The number of nitro groups is 2. The standard InChI is InChI=1S/C24H34N4O8/c29-13-9-25(19-21-1-5-23(6-2-21)27(31)32)11-15-35-17-18-36-16-12-26(10-14-30)20-22-3-7-24(8-4-22)28(33)34/h1-8,29-30H,9-20H2. The Morgan fingerprint density at radius 1 is 0.611 bits per heavy atom. The number of hydrogen-bond acceptors (Lipinski definition) is 10. The largest absolute Gasteiger partial charge is 0.395 e. The van der Waals surface area contributed by atoms with Crippen LogP contribution in [-0.2, 0) is 22.6 Å². The van der Waals surface area contributed by atoms with Crippen LogP contribution in [0, 0.1) is 20.2 Å². The molecule has 0 amide bonds. The Balaban J connectivity index is 1.62. The molecule has 12 heteroatoms. The molecule has 12 nitrogen and oxygen atoms in total. The maximum Gasteiger partial charge on any atom is 0.269 e. The Bertz CT molecular complexity index is 836. The van der Waals surface area contributed by atoms with Gasteiger partial charge in [0.1, 0.15) is 0 Å². The normalized spacial score (nSPS) is 11.3. The van der Waals surface area contributed by atoms with Crippen molar-refractivity contribution in [3.63, 3.8) is 0 Å². The highest BCUT2D eigenvalue weighted by molar-refractivity contribution is 5.33. The minimum Gasteiger partial charge on any atom is -0.395 e. The fourth-order valence-corrected chi connectivity index (χ4v) is 3.49. The monoisotopic (exact) mass is 506 g/mol. The third kappa shape index (κ3) is 11.2. The molecule has 2 rings (SSSR count). The molecular formula is C24H34N4O8.